The standard InChI is InChI=1S/C24H25N3O5S2/c28-24(25-18-20-10-4-1-5-11-20)23-19-26(33(29,30)21-12-6-2-7-13-21)16-17-27(23)34(31,32)22-14-8-3-9-15-22/h1-15,23H,16-19H2,(H,25,28). The van der Waals surface area contributed by atoms with E-state index in [1.165, 1.54) is 28.6 Å². The molecule has 1 atom stereocenters. The van der Waals surface area contributed by atoms with E-state index in [1.54, 1.807) is 36.4 Å². The predicted molar refractivity (Wildman–Crippen MR) is 128 cm³/mol. The first-order valence-corrected chi connectivity index (χ1v) is 13.6. The fourth-order valence-corrected chi connectivity index (χ4v) is 6.88. The van der Waals surface area contributed by atoms with Crippen LogP contribution in [0.4, 0.5) is 0 Å². The Kier molecular flexibility index (Phi) is 7.13. The molecule has 10 heteroatoms. The van der Waals surface area contributed by atoms with Crippen molar-refractivity contribution in [3.05, 3.63) is 96.6 Å². The lowest BCUT2D eigenvalue weighted by molar-refractivity contribution is -0.126. The van der Waals surface area contributed by atoms with Crippen LogP contribution in [-0.2, 0) is 31.4 Å². The molecule has 34 heavy (non-hydrogen) atoms. The van der Waals surface area contributed by atoms with Crippen molar-refractivity contribution in [2.45, 2.75) is 22.4 Å². The van der Waals surface area contributed by atoms with Crippen molar-refractivity contribution in [2.75, 3.05) is 19.6 Å². The van der Waals surface area contributed by atoms with Crippen molar-refractivity contribution in [1.82, 2.24) is 13.9 Å². The Bertz CT molecular complexity index is 1330. The molecule has 1 amide bonds. The highest BCUT2D eigenvalue weighted by molar-refractivity contribution is 7.89. The fourth-order valence-electron chi connectivity index (χ4n) is 3.83. The van der Waals surface area contributed by atoms with Gasteiger partial charge in [-0.2, -0.15) is 8.61 Å². The number of hydrogen-bond acceptors (Lipinski definition) is 5. The molecule has 3 aromatic carbocycles. The Morgan fingerprint density at radius 2 is 1.24 bits per heavy atom. The Balaban J connectivity index is 1.63. The highest BCUT2D eigenvalue weighted by Gasteiger charge is 2.43. The first-order valence-electron chi connectivity index (χ1n) is 10.7. The van der Waals surface area contributed by atoms with Gasteiger partial charge in [-0.1, -0.05) is 66.7 Å². The van der Waals surface area contributed by atoms with Crippen LogP contribution in [0.2, 0.25) is 0 Å². The maximum Gasteiger partial charge on any atom is 0.243 e. The molecular formula is C24H25N3O5S2. The van der Waals surface area contributed by atoms with Crippen LogP contribution in [0.5, 0.6) is 0 Å². The third-order valence-electron chi connectivity index (χ3n) is 5.64. The zero-order chi connectivity index (χ0) is 24.2. The minimum Gasteiger partial charge on any atom is -0.351 e. The van der Waals surface area contributed by atoms with Gasteiger partial charge in [-0.05, 0) is 29.8 Å². The van der Waals surface area contributed by atoms with Gasteiger partial charge in [0.25, 0.3) is 0 Å². The topological polar surface area (TPSA) is 104 Å². The summed E-state index contributed by atoms with van der Waals surface area (Å²) in [5, 5.41) is 2.77. The number of carbonyl (C=O) groups excluding carboxylic acids is 1. The lowest BCUT2D eigenvalue weighted by atomic mass is 10.2. The van der Waals surface area contributed by atoms with Crippen LogP contribution in [-0.4, -0.2) is 57.0 Å². The van der Waals surface area contributed by atoms with Gasteiger partial charge in [0, 0.05) is 26.2 Å². The van der Waals surface area contributed by atoms with Crippen LogP contribution in [0, 0.1) is 0 Å². The van der Waals surface area contributed by atoms with E-state index < -0.39 is 32.0 Å². The number of nitrogens with zero attached hydrogens (tertiary/aromatic N) is 2. The highest BCUT2D eigenvalue weighted by Crippen LogP contribution is 2.25. The zero-order valence-corrected chi connectivity index (χ0v) is 20.0. The number of sulfonamides is 2. The second-order valence-electron chi connectivity index (χ2n) is 7.82. The Morgan fingerprint density at radius 1 is 0.735 bits per heavy atom. The van der Waals surface area contributed by atoms with E-state index in [4.69, 9.17) is 0 Å². The maximum atomic E-state index is 13.4. The summed E-state index contributed by atoms with van der Waals surface area (Å²) in [6.07, 6.45) is 0. The zero-order valence-electron chi connectivity index (χ0n) is 18.3. The van der Waals surface area contributed by atoms with Crippen molar-refractivity contribution in [3.8, 4) is 0 Å². The summed E-state index contributed by atoms with van der Waals surface area (Å²) in [7, 11) is -7.92. The van der Waals surface area contributed by atoms with E-state index in [-0.39, 0.29) is 36.0 Å². The minimum atomic E-state index is -4.02. The molecule has 1 unspecified atom stereocenters. The van der Waals surface area contributed by atoms with Gasteiger partial charge in [0.05, 0.1) is 9.79 Å². The molecule has 0 aromatic heterocycles. The maximum absolute atomic E-state index is 13.4. The van der Waals surface area contributed by atoms with Crippen LogP contribution in [0.1, 0.15) is 5.56 Å². The summed E-state index contributed by atoms with van der Waals surface area (Å²) < 4.78 is 55.4. The Labute approximate surface area is 199 Å². The number of hydrogen-bond donors (Lipinski definition) is 1. The van der Waals surface area contributed by atoms with Crippen LogP contribution in [0.3, 0.4) is 0 Å². The van der Waals surface area contributed by atoms with Crippen molar-refractivity contribution < 1.29 is 21.6 Å². The summed E-state index contributed by atoms with van der Waals surface area (Å²) in [5.74, 6) is -0.559. The van der Waals surface area contributed by atoms with Gasteiger partial charge < -0.3 is 5.32 Å². The third kappa shape index (κ3) is 5.05. The van der Waals surface area contributed by atoms with Crippen molar-refractivity contribution in [1.29, 1.82) is 0 Å². The molecule has 1 heterocycles. The number of piperazine rings is 1. The lowest BCUT2D eigenvalue weighted by Crippen LogP contribution is -2.61. The minimum absolute atomic E-state index is 0.0511. The van der Waals surface area contributed by atoms with Crippen LogP contribution < -0.4 is 5.32 Å². The van der Waals surface area contributed by atoms with E-state index in [0.29, 0.717) is 0 Å². The molecule has 8 nitrogen and oxygen atoms in total. The molecule has 1 aliphatic heterocycles. The summed E-state index contributed by atoms with van der Waals surface area (Å²) in [6.45, 7) is -0.302. The molecule has 3 aromatic rings. The Morgan fingerprint density at radius 3 is 1.79 bits per heavy atom. The molecule has 0 bridgehead atoms. The fraction of sp³-hybridized carbons (Fsp3) is 0.208. The van der Waals surface area contributed by atoms with Crippen LogP contribution in [0.25, 0.3) is 0 Å². The van der Waals surface area contributed by atoms with Crippen molar-refractivity contribution in [3.63, 3.8) is 0 Å². The second kappa shape index (κ2) is 10.1. The monoisotopic (exact) mass is 499 g/mol. The van der Waals surface area contributed by atoms with Gasteiger partial charge in [-0.3, -0.25) is 4.79 Å². The molecule has 1 aliphatic rings. The second-order valence-corrected chi connectivity index (χ2v) is 11.7. The van der Waals surface area contributed by atoms with Gasteiger partial charge in [-0.25, -0.2) is 16.8 Å². The van der Waals surface area contributed by atoms with Gasteiger partial charge in [-0.15, -0.1) is 0 Å². The normalized spacial score (nSPS) is 17.8. The van der Waals surface area contributed by atoms with E-state index in [2.05, 4.69) is 5.32 Å². The third-order valence-corrected chi connectivity index (χ3v) is 9.44. The highest BCUT2D eigenvalue weighted by atomic mass is 32.2. The summed E-state index contributed by atoms with van der Waals surface area (Å²) in [5.41, 5.74) is 0.845. The molecule has 0 saturated carbocycles. The molecule has 1 fully saturated rings. The largest absolute Gasteiger partial charge is 0.351 e. The molecule has 4 rings (SSSR count). The molecule has 178 valence electrons. The predicted octanol–water partition coefficient (Wildman–Crippen LogP) is 2.07. The number of carbonyl (C=O) groups is 1. The first kappa shape index (κ1) is 24.1. The van der Waals surface area contributed by atoms with Crippen molar-refractivity contribution in [2.24, 2.45) is 0 Å². The van der Waals surface area contributed by atoms with E-state index in [0.717, 1.165) is 9.87 Å². The van der Waals surface area contributed by atoms with E-state index in [9.17, 15) is 21.6 Å². The number of benzene rings is 3. The molecular weight excluding hydrogens is 474 g/mol. The van der Waals surface area contributed by atoms with Crippen molar-refractivity contribution >= 4 is 26.0 Å². The SMILES string of the molecule is O=C(NCc1ccccc1)C1CN(S(=O)(=O)c2ccccc2)CCN1S(=O)(=O)c1ccccc1. The first-order chi connectivity index (χ1) is 16.3. The molecule has 0 aliphatic carbocycles. The van der Waals surface area contributed by atoms with E-state index in [1.807, 2.05) is 30.3 Å². The smallest absolute Gasteiger partial charge is 0.243 e. The average Bonchev–Trinajstić information content (AvgIpc) is 2.88. The lowest BCUT2D eigenvalue weighted by Gasteiger charge is -2.38. The average molecular weight is 500 g/mol. The molecule has 0 spiro atoms. The summed E-state index contributed by atoms with van der Waals surface area (Å²) >= 11 is 0. The number of nitrogens with one attached hydrogen (secondary N) is 1. The van der Waals surface area contributed by atoms with Gasteiger partial charge in [0.15, 0.2) is 0 Å². The summed E-state index contributed by atoms with van der Waals surface area (Å²) in [6, 6.07) is 23.7. The quantitative estimate of drug-likeness (QED) is 0.536. The van der Waals surface area contributed by atoms with Gasteiger partial charge in [0.2, 0.25) is 26.0 Å². The van der Waals surface area contributed by atoms with Gasteiger partial charge >= 0.3 is 0 Å². The van der Waals surface area contributed by atoms with E-state index >= 15 is 0 Å². The van der Waals surface area contributed by atoms with Crippen LogP contribution >= 0.6 is 0 Å². The molecule has 1 N–H and O–H groups in total. The molecule has 1 saturated heterocycles. The molecule has 0 radical (unpaired) electrons. The summed E-state index contributed by atoms with van der Waals surface area (Å²) in [4.78, 5) is 13.4. The number of rotatable bonds is 7. The van der Waals surface area contributed by atoms with Gasteiger partial charge in [0.1, 0.15) is 6.04 Å². The Hall–Kier alpha value is -3.05. The number of amides is 1. The van der Waals surface area contributed by atoms with Crippen LogP contribution in [0.15, 0.2) is 101 Å².